The fourth-order valence-corrected chi connectivity index (χ4v) is 2.47. The number of hydrogen-bond acceptors (Lipinski definition) is 3. The Morgan fingerprint density at radius 1 is 1.42 bits per heavy atom. The quantitative estimate of drug-likeness (QED) is 0.875. The average molecular weight is 263 g/mol. The van der Waals surface area contributed by atoms with Gasteiger partial charge in [-0.2, -0.15) is 0 Å². The summed E-state index contributed by atoms with van der Waals surface area (Å²) < 4.78 is 5.01. The van der Waals surface area contributed by atoms with E-state index in [-0.39, 0.29) is 12.5 Å². The number of anilines is 1. The summed E-state index contributed by atoms with van der Waals surface area (Å²) in [5.74, 6) is -0.0263. The van der Waals surface area contributed by atoms with Crippen LogP contribution in [0.2, 0.25) is 0 Å². The van der Waals surface area contributed by atoms with Crippen LogP contribution in [0, 0.1) is 0 Å². The van der Waals surface area contributed by atoms with Gasteiger partial charge in [-0.15, -0.1) is 0 Å². The average Bonchev–Trinajstić information content (AvgIpc) is 2.60. The Balaban J connectivity index is 2.57. The Hall–Kier alpha value is -1.39. The molecule has 1 unspecified atom stereocenters. The number of nitrogens with one attached hydrogen (secondary N) is 1. The highest BCUT2D eigenvalue weighted by molar-refractivity contribution is 6.06. The van der Waals surface area contributed by atoms with Crippen LogP contribution < -0.4 is 5.32 Å². The van der Waals surface area contributed by atoms with Gasteiger partial charge < -0.3 is 15.2 Å². The predicted octanol–water partition coefficient (Wildman–Crippen LogP) is 2.16. The molecule has 1 aromatic rings. The number of aryl methyl sites for hydroxylation is 1. The first-order valence-corrected chi connectivity index (χ1v) is 6.57. The van der Waals surface area contributed by atoms with Gasteiger partial charge in [0, 0.05) is 12.7 Å². The van der Waals surface area contributed by atoms with Gasteiger partial charge in [-0.1, -0.05) is 19.1 Å². The molecule has 0 fully saturated rings. The second-order valence-electron chi connectivity index (χ2n) is 5.51. The van der Waals surface area contributed by atoms with Crippen LogP contribution in [0.4, 0.5) is 5.69 Å². The van der Waals surface area contributed by atoms with Crippen molar-refractivity contribution < 1.29 is 14.6 Å². The van der Waals surface area contributed by atoms with Crippen molar-refractivity contribution in [3.8, 4) is 0 Å². The van der Waals surface area contributed by atoms with Gasteiger partial charge in [-0.25, -0.2) is 0 Å². The van der Waals surface area contributed by atoms with E-state index < -0.39 is 11.5 Å². The zero-order valence-electron chi connectivity index (χ0n) is 11.9. The summed E-state index contributed by atoms with van der Waals surface area (Å²) in [6.45, 7) is 6.08. The molecule has 0 saturated carbocycles. The van der Waals surface area contributed by atoms with E-state index in [9.17, 15) is 9.90 Å². The van der Waals surface area contributed by atoms with Crippen molar-refractivity contribution >= 4 is 11.6 Å². The Labute approximate surface area is 113 Å². The Morgan fingerprint density at radius 2 is 2.11 bits per heavy atom. The summed E-state index contributed by atoms with van der Waals surface area (Å²) in [4.78, 5) is 12.1. The first kappa shape index (κ1) is 14.0. The van der Waals surface area contributed by atoms with E-state index in [1.165, 1.54) is 0 Å². The van der Waals surface area contributed by atoms with E-state index in [1.807, 2.05) is 19.9 Å². The molecule has 0 aliphatic carbocycles. The standard InChI is InChI=1S/C15H21NO3/c1-5-9-6-10(12(17)8-19-4)13-11(7-9)15(2,3)14(18)16-13/h6-7,12,17H,5,8H2,1-4H3,(H,16,18). The van der Waals surface area contributed by atoms with Gasteiger partial charge >= 0.3 is 0 Å². The van der Waals surface area contributed by atoms with Gasteiger partial charge in [-0.3, -0.25) is 4.79 Å². The van der Waals surface area contributed by atoms with Crippen LogP contribution in [-0.4, -0.2) is 24.7 Å². The maximum Gasteiger partial charge on any atom is 0.234 e. The fraction of sp³-hybridized carbons (Fsp3) is 0.533. The van der Waals surface area contributed by atoms with Gasteiger partial charge in [0.2, 0.25) is 5.91 Å². The molecule has 2 rings (SSSR count). The first-order valence-electron chi connectivity index (χ1n) is 6.57. The molecule has 1 atom stereocenters. The lowest BCUT2D eigenvalue weighted by molar-refractivity contribution is -0.119. The third kappa shape index (κ3) is 2.26. The molecule has 19 heavy (non-hydrogen) atoms. The van der Waals surface area contributed by atoms with Crippen molar-refractivity contribution in [3.05, 3.63) is 28.8 Å². The molecular formula is C15H21NO3. The van der Waals surface area contributed by atoms with Gasteiger partial charge in [0.15, 0.2) is 0 Å². The summed E-state index contributed by atoms with van der Waals surface area (Å²) in [6, 6.07) is 4.00. The monoisotopic (exact) mass is 263 g/mol. The molecule has 0 aromatic heterocycles. The molecule has 1 aromatic carbocycles. The van der Waals surface area contributed by atoms with Crippen molar-refractivity contribution in [2.24, 2.45) is 0 Å². The predicted molar refractivity (Wildman–Crippen MR) is 74.3 cm³/mol. The maximum absolute atomic E-state index is 12.1. The van der Waals surface area contributed by atoms with Gasteiger partial charge in [0.25, 0.3) is 0 Å². The Bertz CT molecular complexity index is 508. The van der Waals surface area contributed by atoms with Crippen molar-refractivity contribution in [1.82, 2.24) is 0 Å². The zero-order valence-corrected chi connectivity index (χ0v) is 11.9. The number of fused-ring (bicyclic) bond motifs is 1. The number of hydrogen-bond donors (Lipinski definition) is 2. The lowest BCUT2D eigenvalue weighted by Crippen LogP contribution is -2.26. The molecule has 0 radical (unpaired) electrons. The van der Waals surface area contributed by atoms with Crippen molar-refractivity contribution in [1.29, 1.82) is 0 Å². The van der Waals surface area contributed by atoms with Crippen molar-refractivity contribution in [3.63, 3.8) is 0 Å². The maximum atomic E-state index is 12.1. The highest BCUT2D eigenvalue weighted by Crippen LogP contribution is 2.42. The number of ether oxygens (including phenoxy) is 1. The molecule has 1 heterocycles. The lowest BCUT2D eigenvalue weighted by atomic mass is 9.83. The van der Waals surface area contributed by atoms with E-state index in [1.54, 1.807) is 7.11 Å². The van der Waals surface area contributed by atoms with Crippen LogP contribution in [0.3, 0.4) is 0 Å². The number of amides is 1. The van der Waals surface area contributed by atoms with E-state index in [0.717, 1.165) is 28.8 Å². The third-order valence-electron chi connectivity index (χ3n) is 3.80. The Kier molecular flexibility index (Phi) is 3.65. The Morgan fingerprint density at radius 3 is 2.68 bits per heavy atom. The van der Waals surface area contributed by atoms with E-state index in [2.05, 4.69) is 18.3 Å². The number of rotatable bonds is 4. The summed E-state index contributed by atoms with van der Waals surface area (Å²) in [7, 11) is 1.55. The van der Waals surface area contributed by atoms with Gasteiger partial charge in [-0.05, 0) is 31.4 Å². The normalized spacial score (nSPS) is 18.1. The second kappa shape index (κ2) is 4.94. The summed E-state index contributed by atoms with van der Waals surface area (Å²) in [5, 5.41) is 13.1. The van der Waals surface area contributed by atoms with Crippen LogP contribution in [0.5, 0.6) is 0 Å². The molecule has 1 aliphatic rings. The van der Waals surface area contributed by atoms with Crippen molar-refractivity contribution in [2.45, 2.75) is 38.7 Å². The minimum absolute atomic E-state index is 0.0263. The highest BCUT2D eigenvalue weighted by Gasteiger charge is 2.40. The minimum Gasteiger partial charge on any atom is -0.386 e. The number of aliphatic hydroxyl groups is 1. The number of methoxy groups -OCH3 is 1. The molecular weight excluding hydrogens is 242 g/mol. The largest absolute Gasteiger partial charge is 0.386 e. The smallest absolute Gasteiger partial charge is 0.234 e. The number of carbonyl (C=O) groups excluding carboxylic acids is 1. The third-order valence-corrected chi connectivity index (χ3v) is 3.80. The van der Waals surface area contributed by atoms with E-state index in [4.69, 9.17) is 4.74 Å². The van der Waals surface area contributed by atoms with Crippen LogP contribution in [-0.2, 0) is 21.4 Å². The van der Waals surface area contributed by atoms with Gasteiger partial charge in [0.1, 0.15) is 6.10 Å². The van der Waals surface area contributed by atoms with E-state index in [0.29, 0.717) is 0 Å². The minimum atomic E-state index is -0.723. The molecule has 2 N–H and O–H groups in total. The van der Waals surface area contributed by atoms with Crippen molar-refractivity contribution in [2.75, 3.05) is 19.0 Å². The zero-order chi connectivity index (χ0) is 14.2. The van der Waals surface area contributed by atoms with Gasteiger partial charge in [0.05, 0.1) is 17.7 Å². The SMILES string of the molecule is CCc1cc(C(O)COC)c2c(c1)C(C)(C)C(=O)N2. The molecule has 4 nitrogen and oxygen atoms in total. The lowest BCUT2D eigenvalue weighted by Gasteiger charge is -2.19. The molecule has 1 amide bonds. The molecule has 0 saturated heterocycles. The highest BCUT2D eigenvalue weighted by atomic mass is 16.5. The number of carbonyl (C=O) groups is 1. The molecule has 0 bridgehead atoms. The summed E-state index contributed by atoms with van der Waals surface area (Å²) in [5.41, 5.74) is 3.02. The fourth-order valence-electron chi connectivity index (χ4n) is 2.47. The summed E-state index contributed by atoms with van der Waals surface area (Å²) in [6.07, 6.45) is 0.143. The van der Waals surface area contributed by atoms with E-state index >= 15 is 0 Å². The number of aliphatic hydroxyl groups excluding tert-OH is 1. The molecule has 0 spiro atoms. The van der Waals surface area contributed by atoms with Crippen LogP contribution in [0.15, 0.2) is 12.1 Å². The molecule has 1 aliphatic heterocycles. The summed E-state index contributed by atoms with van der Waals surface area (Å²) >= 11 is 0. The molecule has 4 heteroatoms. The van der Waals surface area contributed by atoms with Crippen LogP contribution in [0.1, 0.15) is 43.6 Å². The first-order chi connectivity index (χ1) is 8.91. The number of benzene rings is 1. The molecule has 104 valence electrons. The van der Waals surface area contributed by atoms with Crippen LogP contribution in [0.25, 0.3) is 0 Å². The second-order valence-corrected chi connectivity index (χ2v) is 5.51. The topological polar surface area (TPSA) is 58.6 Å². The van der Waals surface area contributed by atoms with Crippen LogP contribution >= 0.6 is 0 Å².